The number of aromatic amines is 1. The maximum Gasteiger partial charge on any atom is 0.423 e. The van der Waals surface area contributed by atoms with Crippen LogP contribution in [0.1, 0.15) is 24.5 Å². The number of amides is 1. The first kappa shape index (κ1) is 29.5. The van der Waals surface area contributed by atoms with Crippen molar-refractivity contribution in [2.75, 3.05) is 55.0 Å². The Morgan fingerprint density at radius 3 is 2.62 bits per heavy atom. The summed E-state index contributed by atoms with van der Waals surface area (Å²) in [5, 5.41) is 7.70. The van der Waals surface area contributed by atoms with E-state index in [2.05, 4.69) is 15.4 Å². The number of likely N-dealkylation sites (N-methyl/N-ethyl adjacent to an activating group) is 1. The second-order valence-electron chi connectivity index (χ2n) is 9.37. The summed E-state index contributed by atoms with van der Waals surface area (Å²) in [7, 11) is 1.56. The van der Waals surface area contributed by atoms with E-state index in [0.29, 0.717) is 17.4 Å². The monoisotopic (exact) mass is 593 g/mol. The van der Waals surface area contributed by atoms with Crippen molar-refractivity contribution < 1.29 is 35.9 Å². The van der Waals surface area contributed by atoms with Crippen LogP contribution < -0.4 is 20.7 Å². The Balaban J connectivity index is 1.30. The first-order chi connectivity index (χ1) is 18.7. The van der Waals surface area contributed by atoms with E-state index in [1.165, 1.54) is 4.90 Å². The first-order valence-electron chi connectivity index (χ1n) is 12.1. The number of anilines is 3. The van der Waals surface area contributed by atoms with Crippen LogP contribution in [0.5, 0.6) is 0 Å². The molecule has 0 unspecified atom stereocenters. The van der Waals surface area contributed by atoms with E-state index in [0.717, 1.165) is 18.5 Å². The minimum Gasteiger partial charge on any atom is -0.379 e. The molecular formula is C23H25F6N7O3S. The van der Waals surface area contributed by atoms with Crippen LogP contribution in [0.2, 0.25) is 0 Å². The number of thiocarbonyl (C=S) groups is 1. The highest BCUT2D eigenvalue weighted by Gasteiger charge is 2.41. The summed E-state index contributed by atoms with van der Waals surface area (Å²) in [6.07, 6.45) is -7.80. The molecule has 2 atom stereocenters. The Kier molecular flexibility index (Phi) is 8.26. The number of carbonyl (C=O) groups is 1. The number of aromatic nitrogens is 3. The highest BCUT2D eigenvalue weighted by Crippen LogP contribution is 2.39. The normalized spacial score (nSPS) is 18.4. The van der Waals surface area contributed by atoms with Gasteiger partial charge in [0, 0.05) is 38.9 Å². The molecule has 40 heavy (non-hydrogen) atoms. The molecular weight excluding hydrogens is 568 g/mol. The van der Waals surface area contributed by atoms with Crippen molar-refractivity contribution >= 4 is 40.3 Å². The summed E-state index contributed by atoms with van der Waals surface area (Å²) < 4.78 is 84.6. The summed E-state index contributed by atoms with van der Waals surface area (Å²) in [5.74, 6) is 0.116. The number of hydrogen-bond donors (Lipinski definition) is 2. The number of nitrogens with zero attached hydrogens (tertiary/aromatic N) is 5. The first-order valence-corrected chi connectivity index (χ1v) is 12.5. The predicted octanol–water partition coefficient (Wildman–Crippen LogP) is 2.90. The fourth-order valence-electron chi connectivity index (χ4n) is 4.56. The van der Waals surface area contributed by atoms with Crippen LogP contribution >= 0.6 is 12.2 Å². The summed E-state index contributed by atoms with van der Waals surface area (Å²) in [6.45, 7) is 2.29. The van der Waals surface area contributed by atoms with Gasteiger partial charge in [-0.2, -0.15) is 31.4 Å². The molecule has 2 aliphatic heterocycles. The van der Waals surface area contributed by atoms with Crippen molar-refractivity contribution in [3.05, 3.63) is 39.9 Å². The summed E-state index contributed by atoms with van der Waals surface area (Å²) in [4.78, 5) is 33.7. The Morgan fingerprint density at radius 1 is 1.23 bits per heavy atom. The zero-order chi connectivity index (χ0) is 29.4. The topological polar surface area (TPSA) is 107 Å². The predicted molar refractivity (Wildman–Crippen MR) is 136 cm³/mol. The van der Waals surface area contributed by atoms with E-state index in [1.807, 2.05) is 0 Å². The molecule has 2 aromatic heterocycles. The van der Waals surface area contributed by atoms with Crippen molar-refractivity contribution in [3.63, 3.8) is 0 Å². The van der Waals surface area contributed by atoms with Gasteiger partial charge in [-0.15, -0.1) is 0 Å². The van der Waals surface area contributed by atoms with Crippen molar-refractivity contribution in [2.45, 2.75) is 37.8 Å². The molecule has 0 spiro atoms. The van der Waals surface area contributed by atoms with Crippen molar-refractivity contribution in [2.24, 2.45) is 0 Å². The number of carbonyl (C=O) groups excluding carboxylic acids is 1. The van der Waals surface area contributed by atoms with E-state index in [-0.39, 0.29) is 44.3 Å². The Bertz CT molecular complexity index is 1340. The minimum atomic E-state index is -4.88. The molecule has 1 amide bonds. The van der Waals surface area contributed by atoms with Crippen LogP contribution in [0.3, 0.4) is 0 Å². The molecule has 4 rings (SSSR count). The molecule has 17 heteroatoms. The lowest BCUT2D eigenvalue weighted by atomic mass is 10.1. The van der Waals surface area contributed by atoms with Crippen LogP contribution in [-0.4, -0.2) is 83.0 Å². The van der Waals surface area contributed by atoms with Crippen LogP contribution in [-0.2, 0) is 21.9 Å². The van der Waals surface area contributed by atoms with Crippen molar-refractivity contribution in [1.29, 1.82) is 0 Å². The quantitative estimate of drug-likeness (QED) is 0.285. The lowest BCUT2D eigenvalue weighted by Crippen LogP contribution is -2.62. The highest BCUT2D eigenvalue weighted by atomic mass is 32.1. The fourth-order valence-corrected chi connectivity index (χ4v) is 4.86. The maximum absolute atomic E-state index is 13.2. The number of hydrogen-bond acceptors (Lipinski definition) is 8. The maximum atomic E-state index is 13.2. The number of piperazine rings is 1. The molecule has 1 fully saturated rings. The number of H-pyrrole nitrogens is 1. The molecule has 0 saturated carbocycles. The Labute approximate surface area is 229 Å². The number of pyridine rings is 1. The summed E-state index contributed by atoms with van der Waals surface area (Å²) in [5.41, 5.74) is -3.89. The Hall–Kier alpha value is -3.47. The van der Waals surface area contributed by atoms with Gasteiger partial charge in [0.05, 0.1) is 48.8 Å². The molecule has 0 aliphatic carbocycles. The number of ether oxygens (including phenoxy) is 1. The molecule has 4 heterocycles. The van der Waals surface area contributed by atoms with Gasteiger partial charge in [-0.3, -0.25) is 9.59 Å². The molecule has 1 saturated heterocycles. The van der Waals surface area contributed by atoms with E-state index in [4.69, 9.17) is 17.0 Å². The second-order valence-corrected chi connectivity index (χ2v) is 9.78. The average molecular weight is 594 g/mol. The van der Waals surface area contributed by atoms with Crippen LogP contribution in [0.15, 0.2) is 23.3 Å². The van der Waals surface area contributed by atoms with E-state index < -0.39 is 46.8 Å². The largest absolute Gasteiger partial charge is 0.423 e. The SMILES string of the molecule is C[C@@H](COCCC(=O)N1CCN2c3ncc(C(F)(F)F)cc3N(C)C(=S)[C@H]2C1)Nc1cn[nH]c(=O)c1C(F)(F)F. The summed E-state index contributed by atoms with van der Waals surface area (Å²) >= 11 is 5.52. The van der Waals surface area contributed by atoms with Gasteiger partial charge in [0.2, 0.25) is 5.91 Å². The van der Waals surface area contributed by atoms with Gasteiger partial charge in [-0.05, 0) is 13.0 Å². The molecule has 2 N–H and O–H groups in total. The van der Waals surface area contributed by atoms with Crippen LogP contribution in [0.4, 0.5) is 43.5 Å². The van der Waals surface area contributed by atoms with Gasteiger partial charge >= 0.3 is 12.4 Å². The molecule has 10 nitrogen and oxygen atoms in total. The van der Waals surface area contributed by atoms with E-state index in [1.54, 1.807) is 28.9 Å². The van der Waals surface area contributed by atoms with Crippen LogP contribution in [0.25, 0.3) is 0 Å². The number of alkyl halides is 6. The average Bonchev–Trinajstić information content (AvgIpc) is 2.87. The zero-order valence-corrected chi connectivity index (χ0v) is 22.1. The van der Waals surface area contributed by atoms with Gasteiger partial charge in [-0.25, -0.2) is 10.1 Å². The highest BCUT2D eigenvalue weighted by molar-refractivity contribution is 7.80. The van der Waals surface area contributed by atoms with Crippen LogP contribution in [0, 0.1) is 0 Å². The van der Waals surface area contributed by atoms with Crippen molar-refractivity contribution in [1.82, 2.24) is 20.1 Å². The number of fused-ring (bicyclic) bond motifs is 3. The van der Waals surface area contributed by atoms with Crippen molar-refractivity contribution in [3.8, 4) is 0 Å². The van der Waals surface area contributed by atoms with Gasteiger partial charge < -0.3 is 24.8 Å². The number of nitrogens with one attached hydrogen (secondary N) is 2. The van der Waals surface area contributed by atoms with Gasteiger partial charge in [0.1, 0.15) is 10.6 Å². The molecule has 0 radical (unpaired) electrons. The number of rotatable bonds is 7. The molecule has 218 valence electrons. The lowest BCUT2D eigenvalue weighted by molar-refractivity contribution is -0.138. The molecule has 0 bridgehead atoms. The standard InChI is InChI=1S/C23H25F6N7O3S/c1-12(32-14-9-31-33-20(38)18(14)23(27,28)29)11-39-6-3-17(37)35-4-5-36-16(10-35)21(40)34(2)15-7-13(22(24,25)26)8-30-19(15)36/h7-9,12,16H,3-6,10-11H2,1-2H3,(H2,32,33,38)/t12-,16+/m0/s1. The second kappa shape index (κ2) is 11.2. The van der Waals surface area contributed by atoms with E-state index >= 15 is 0 Å². The minimum absolute atomic E-state index is 0.00776. The third kappa shape index (κ3) is 6.14. The molecule has 2 aromatic rings. The Morgan fingerprint density at radius 2 is 1.95 bits per heavy atom. The fraction of sp³-hybridized carbons (Fsp3) is 0.522. The zero-order valence-electron chi connectivity index (χ0n) is 21.3. The molecule has 0 aromatic carbocycles. The third-order valence-corrected chi connectivity index (χ3v) is 7.07. The summed E-state index contributed by atoms with van der Waals surface area (Å²) in [6, 6.07) is -0.0831. The smallest absolute Gasteiger partial charge is 0.379 e. The lowest BCUT2D eigenvalue weighted by Gasteiger charge is -2.48. The molecule has 2 aliphatic rings. The van der Waals surface area contributed by atoms with Gasteiger partial charge in [0.15, 0.2) is 5.82 Å². The number of halogens is 6. The third-order valence-electron chi connectivity index (χ3n) is 6.53. The van der Waals surface area contributed by atoms with E-state index in [9.17, 15) is 35.9 Å². The van der Waals surface area contributed by atoms with Gasteiger partial charge in [-0.1, -0.05) is 12.2 Å². The van der Waals surface area contributed by atoms with Gasteiger partial charge in [0.25, 0.3) is 5.56 Å².